The molecule has 4 heteroatoms. The second kappa shape index (κ2) is 5.30. The molecule has 1 aromatic carbocycles. The summed E-state index contributed by atoms with van der Waals surface area (Å²) in [6.45, 7) is 0.404. The number of rotatable bonds is 3. The zero-order valence-corrected chi connectivity index (χ0v) is 8.60. The molecule has 3 nitrogen and oxygen atoms in total. The zero-order chi connectivity index (χ0) is 10.4. The van der Waals surface area contributed by atoms with Crippen molar-refractivity contribution >= 4 is 17.7 Å². The van der Waals surface area contributed by atoms with Crippen LogP contribution in [0.5, 0.6) is 0 Å². The van der Waals surface area contributed by atoms with Gasteiger partial charge in [0.15, 0.2) is 6.07 Å². The van der Waals surface area contributed by atoms with Gasteiger partial charge in [0.25, 0.3) is 0 Å². The van der Waals surface area contributed by atoms with Crippen molar-refractivity contribution in [1.82, 2.24) is 5.32 Å². The van der Waals surface area contributed by atoms with Crippen LogP contribution in [0, 0.1) is 11.3 Å². The van der Waals surface area contributed by atoms with E-state index in [0.717, 1.165) is 5.56 Å². The van der Waals surface area contributed by atoms with E-state index in [1.807, 2.05) is 30.5 Å². The Morgan fingerprint density at radius 3 is 2.64 bits per heavy atom. The first-order valence-electron chi connectivity index (χ1n) is 4.07. The van der Waals surface area contributed by atoms with Crippen LogP contribution in [0.15, 0.2) is 29.2 Å². The van der Waals surface area contributed by atoms with Crippen molar-refractivity contribution in [1.29, 1.82) is 5.26 Å². The van der Waals surface area contributed by atoms with E-state index in [-0.39, 0.29) is 0 Å². The summed E-state index contributed by atoms with van der Waals surface area (Å²) in [6.07, 6.45) is 2.01. The molecule has 0 fully saturated rings. The molecule has 0 radical (unpaired) electrons. The molecule has 0 atom stereocenters. The molecular weight excluding hydrogens is 196 g/mol. The standard InChI is InChI=1S/C10H10N2OS/c1-14-9-4-2-8(3-5-9)7-12-10(13)6-11/h2-5H,7H2,1H3,(H,12,13). The van der Waals surface area contributed by atoms with Gasteiger partial charge in [0.2, 0.25) is 0 Å². The molecule has 1 N–H and O–H groups in total. The fourth-order valence-electron chi connectivity index (χ4n) is 0.965. The van der Waals surface area contributed by atoms with Crippen molar-refractivity contribution in [3.05, 3.63) is 29.8 Å². The highest BCUT2D eigenvalue weighted by molar-refractivity contribution is 7.98. The lowest BCUT2D eigenvalue weighted by Crippen LogP contribution is -2.20. The van der Waals surface area contributed by atoms with Gasteiger partial charge in [0.05, 0.1) is 0 Å². The Bertz CT molecular complexity index is 353. The average Bonchev–Trinajstić information content (AvgIpc) is 2.26. The van der Waals surface area contributed by atoms with Crippen LogP contribution in [0.25, 0.3) is 0 Å². The topological polar surface area (TPSA) is 52.9 Å². The van der Waals surface area contributed by atoms with Crippen LogP contribution in [0.3, 0.4) is 0 Å². The second-order valence-electron chi connectivity index (χ2n) is 2.64. The summed E-state index contributed by atoms with van der Waals surface area (Å²) < 4.78 is 0. The Balaban J connectivity index is 2.53. The molecular formula is C10H10N2OS. The zero-order valence-electron chi connectivity index (χ0n) is 7.78. The van der Waals surface area contributed by atoms with Gasteiger partial charge in [-0.25, -0.2) is 0 Å². The summed E-state index contributed by atoms with van der Waals surface area (Å²) in [5, 5.41) is 10.7. The van der Waals surface area contributed by atoms with E-state index in [4.69, 9.17) is 5.26 Å². The Hall–Kier alpha value is -1.47. The minimum Gasteiger partial charge on any atom is -0.339 e. The van der Waals surface area contributed by atoms with Crippen molar-refractivity contribution in [2.45, 2.75) is 11.4 Å². The summed E-state index contributed by atoms with van der Waals surface area (Å²) in [5.74, 6) is -0.598. The van der Waals surface area contributed by atoms with E-state index in [9.17, 15) is 4.79 Å². The number of carbonyl (C=O) groups excluding carboxylic acids is 1. The third kappa shape index (κ3) is 3.11. The normalized spacial score (nSPS) is 9.14. The van der Waals surface area contributed by atoms with E-state index in [0.29, 0.717) is 6.54 Å². The number of amides is 1. The third-order valence-electron chi connectivity index (χ3n) is 1.71. The lowest BCUT2D eigenvalue weighted by atomic mass is 10.2. The van der Waals surface area contributed by atoms with Crippen LogP contribution in [0.1, 0.15) is 5.56 Å². The first kappa shape index (κ1) is 10.6. The van der Waals surface area contributed by atoms with Crippen LogP contribution in [0.4, 0.5) is 0 Å². The molecule has 72 valence electrons. The maximum Gasteiger partial charge on any atom is 0.322 e. The maximum atomic E-state index is 10.6. The quantitative estimate of drug-likeness (QED) is 0.603. The number of thioether (sulfide) groups is 1. The fourth-order valence-corrected chi connectivity index (χ4v) is 1.37. The lowest BCUT2D eigenvalue weighted by molar-refractivity contribution is -0.116. The van der Waals surface area contributed by atoms with Crippen LogP contribution >= 0.6 is 11.8 Å². The molecule has 0 unspecified atom stereocenters. The van der Waals surface area contributed by atoms with Crippen molar-refractivity contribution in [2.24, 2.45) is 0 Å². The molecule has 1 amide bonds. The highest BCUT2D eigenvalue weighted by atomic mass is 32.2. The molecule has 0 spiro atoms. The predicted octanol–water partition coefficient (Wildman–Crippen LogP) is 1.55. The number of nitrogens with one attached hydrogen (secondary N) is 1. The van der Waals surface area contributed by atoms with E-state index in [2.05, 4.69) is 5.32 Å². The van der Waals surface area contributed by atoms with E-state index >= 15 is 0 Å². The van der Waals surface area contributed by atoms with Gasteiger partial charge < -0.3 is 5.32 Å². The van der Waals surface area contributed by atoms with Gasteiger partial charge in [0.1, 0.15) is 0 Å². The molecule has 1 aromatic rings. The third-order valence-corrected chi connectivity index (χ3v) is 2.46. The number of benzene rings is 1. The Kier molecular flexibility index (Phi) is 4.02. The first-order valence-corrected chi connectivity index (χ1v) is 5.29. The minimum atomic E-state index is -0.598. The predicted molar refractivity (Wildman–Crippen MR) is 55.7 cm³/mol. The van der Waals surface area contributed by atoms with Gasteiger partial charge in [-0.1, -0.05) is 12.1 Å². The largest absolute Gasteiger partial charge is 0.339 e. The number of hydrogen-bond donors (Lipinski definition) is 1. The summed E-state index contributed by atoms with van der Waals surface area (Å²) in [6, 6.07) is 9.34. The van der Waals surface area contributed by atoms with Crippen molar-refractivity contribution in [2.75, 3.05) is 6.26 Å². The monoisotopic (exact) mass is 206 g/mol. The SMILES string of the molecule is CSc1ccc(CNC(=O)C#N)cc1. The first-order chi connectivity index (χ1) is 6.76. The molecule has 0 aliphatic carbocycles. The van der Waals surface area contributed by atoms with Crippen molar-refractivity contribution in [3.8, 4) is 6.07 Å². The molecule has 0 aliphatic rings. The number of carbonyl (C=O) groups is 1. The summed E-state index contributed by atoms with van der Waals surface area (Å²) >= 11 is 1.67. The smallest absolute Gasteiger partial charge is 0.322 e. The molecule has 14 heavy (non-hydrogen) atoms. The maximum absolute atomic E-state index is 10.6. The average molecular weight is 206 g/mol. The highest BCUT2D eigenvalue weighted by Gasteiger charge is 1.97. The van der Waals surface area contributed by atoms with Gasteiger partial charge in [0, 0.05) is 11.4 Å². The van der Waals surface area contributed by atoms with E-state index in [1.165, 1.54) is 11.0 Å². The Labute approximate surface area is 87.1 Å². The van der Waals surface area contributed by atoms with Gasteiger partial charge in [-0.2, -0.15) is 5.26 Å². The molecule has 0 saturated carbocycles. The molecule has 1 rings (SSSR count). The van der Waals surface area contributed by atoms with Gasteiger partial charge in [-0.05, 0) is 24.0 Å². The van der Waals surface area contributed by atoms with Crippen LogP contribution in [0.2, 0.25) is 0 Å². The Morgan fingerprint density at radius 2 is 2.14 bits per heavy atom. The van der Waals surface area contributed by atoms with Crippen LogP contribution in [-0.4, -0.2) is 12.2 Å². The summed E-state index contributed by atoms with van der Waals surface area (Å²) in [7, 11) is 0. The summed E-state index contributed by atoms with van der Waals surface area (Å²) in [5.41, 5.74) is 0.992. The second-order valence-corrected chi connectivity index (χ2v) is 3.52. The van der Waals surface area contributed by atoms with Crippen molar-refractivity contribution in [3.63, 3.8) is 0 Å². The number of nitrogens with zero attached hydrogens (tertiary/aromatic N) is 1. The molecule has 0 heterocycles. The Morgan fingerprint density at radius 1 is 1.50 bits per heavy atom. The molecule has 0 aliphatic heterocycles. The van der Waals surface area contributed by atoms with Crippen molar-refractivity contribution < 1.29 is 4.79 Å². The van der Waals surface area contributed by atoms with E-state index < -0.39 is 5.91 Å². The molecule has 0 aromatic heterocycles. The minimum absolute atomic E-state index is 0.404. The molecule has 0 saturated heterocycles. The van der Waals surface area contributed by atoms with Crippen LogP contribution in [-0.2, 0) is 11.3 Å². The fraction of sp³-hybridized carbons (Fsp3) is 0.200. The van der Waals surface area contributed by atoms with Gasteiger partial charge in [-0.3, -0.25) is 4.79 Å². The van der Waals surface area contributed by atoms with Gasteiger partial charge >= 0.3 is 5.91 Å². The highest BCUT2D eigenvalue weighted by Crippen LogP contribution is 2.14. The molecule has 0 bridgehead atoms. The lowest BCUT2D eigenvalue weighted by Gasteiger charge is -2.01. The van der Waals surface area contributed by atoms with Gasteiger partial charge in [-0.15, -0.1) is 11.8 Å². The summed E-state index contributed by atoms with van der Waals surface area (Å²) in [4.78, 5) is 11.8. The number of nitriles is 1. The van der Waals surface area contributed by atoms with E-state index in [1.54, 1.807) is 11.8 Å². The number of hydrogen-bond acceptors (Lipinski definition) is 3. The van der Waals surface area contributed by atoms with Crippen LogP contribution < -0.4 is 5.32 Å².